The highest BCUT2D eigenvalue weighted by atomic mass is 16.3. The molecule has 0 aliphatic rings. The van der Waals surface area contributed by atoms with Crippen molar-refractivity contribution in [3.8, 4) is 0 Å². The summed E-state index contributed by atoms with van der Waals surface area (Å²) in [5.41, 5.74) is 7.00. The normalized spacial score (nSPS) is 15.1. The minimum atomic E-state index is -0.657. The molecule has 0 aromatic rings. The monoisotopic (exact) mass is 211 g/mol. The van der Waals surface area contributed by atoms with Gasteiger partial charge in [-0.2, -0.15) is 0 Å². The van der Waals surface area contributed by atoms with E-state index in [9.17, 15) is 5.11 Å². The van der Waals surface area contributed by atoms with E-state index in [0.29, 0.717) is 12.2 Å². The zero-order valence-corrected chi connectivity index (χ0v) is 9.46. The van der Waals surface area contributed by atoms with E-state index < -0.39 is 6.23 Å². The number of aliphatic hydroxyl groups is 1. The van der Waals surface area contributed by atoms with Crippen molar-refractivity contribution in [3.63, 3.8) is 0 Å². The summed E-state index contributed by atoms with van der Waals surface area (Å²) in [4.78, 5) is 0. The van der Waals surface area contributed by atoms with Gasteiger partial charge in [-0.25, -0.2) is 0 Å². The Hall–Kier alpha value is -1.10. The van der Waals surface area contributed by atoms with Gasteiger partial charge in [0.1, 0.15) is 6.23 Å². The lowest BCUT2D eigenvalue weighted by molar-refractivity contribution is 0.173. The van der Waals surface area contributed by atoms with Crippen molar-refractivity contribution < 1.29 is 5.11 Å². The zero-order chi connectivity index (χ0) is 11.7. The SMILES string of the molecule is C=C/C=C(N)\C=C(/C)C(O)NCCNC. The average molecular weight is 211 g/mol. The van der Waals surface area contributed by atoms with Gasteiger partial charge in [0.25, 0.3) is 0 Å². The van der Waals surface area contributed by atoms with Crippen molar-refractivity contribution in [2.45, 2.75) is 13.2 Å². The number of likely N-dealkylation sites (N-methyl/N-ethyl adjacent to an activating group) is 1. The van der Waals surface area contributed by atoms with Crippen molar-refractivity contribution >= 4 is 0 Å². The van der Waals surface area contributed by atoms with Gasteiger partial charge in [-0.05, 0) is 31.7 Å². The minimum absolute atomic E-state index is 0.581. The number of hydrogen-bond acceptors (Lipinski definition) is 4. The second-order valence-corrected chi connectivity index (χ2v) is 3.25. The van der Waals surface area contributed by atoms with Crippen molar-refractivity contribution in [1.29, 1.82) is 0 Å². The minimum Gasteiger partial charge on any atom is -0.399 e. The molecule has 0 heterocycles. The standard InChI is InChI=1S/C11H21N3O/c1-4-5-10(12)8-9(2)11(15)14-7-6-13-3/h4-5,8,11,13-15H,1,6-7,12H2,2-3H3/b9-8+,10-5+. The first-order chi connectivity index (χ1) is 7.11. The highest BCUT2D eigenvalue weighted by Gasteiger charge is 2.03. The van der Waals surface area contributed by atoms with Gasteiger partial charge >= 0.3 is 0 Å². The molecule has 4 heteroatoms. The Labute approximate surface area is 91.6 Å². The first kappa shape index (κ1) is 13.9. The predicted octanol–water partition coefficient (Wildman–Crippen LogP) is 0.0887. The highest BCUT2D eigenvalue weighted by Crippen LogP contribution is 2.01. The van der Waals surface area contributed by atoms with E-state index in [0.717, 1.165) is 12.1 Å². The first-order valence-corrected chi connectivity index (χ1v) is 4.94. The molecule has 0 rings (SSSR count). The summed E-state index contributed by atoms with van der Waals surface area (Å²) in [7, 11) is 1.86. The van der Waals surface area contributed by atoms with E-state index >= 15 is 0 Å². The van der Waals surface area contributed by atoms with Gasteiger partial charge in [0.05, 0.1) is 0 Å². The Morgan fingerprint density at radius 2 is 2.20 bits per heavy atom. The third-order valence-corrected chi connectivity index (χ3v) is 1.85. The molecule has 5 N–H and O–H groups in total. The maximum atomic E-state index is 9.65. The molecule has 0 radical (unpaired) electrons. The molecule has 4 nitrogen and oxygen atoms in total. The van der Waals surface area contributed by atoms with E-state index in [1.165, 1.54) is 0 Å². The van der Waals surface area contributed by atoms with Crippen LogP contribution < -0.4 is 16.4 Å². The van der Waals surface area contributed by atoms with E-state index in [2.05, 4.69) is 17.2 Å². The van der Waals surface area contributed by atoms with Crippen molar-refractivity contribution in [3.05, 3.63) is 36.1 Å². The molecule has 0 aliphatic heterocycles. The van der Waals surface area contributed by atoms with E-state index in [1.54, 1.807) is 18.2 Å². The van der Waals surface area contributed by atoms with E-state index in [1.807, 2.05) is 14.0 Å². The lowest BCUT2D eigenvalue weighted by Crippen LogP contribution is -2.34. The van der Waals surface area contributed by atoms with Crippen molar-refractivity contribution in [2.75, 3.05) is 20.1 Å². The van der Waals surface area contributed by atoms with Crippen LogP contribution in [0, 0.1) is 0 Å². The van der Waals surface area contributed by atoms with Crippen LogP contribution in [0.2, 0.25) is 0 Å². The molecule has 0 fully saturated rings. The summed E-state index contributed by atoms with van der Waals surface area (Å²) in [6.07, 6.45) is 4.36. The summed E-state index contributed by atoms with van der Waals surface area (Å²) in [6, 6.07) is 0. The lowest BCUT2D eigenvalue weighted by Gasteiger charge is -2.13. The zero-order valence-electron chi connectivity index (χ0n) is 9.46. The largest absolute Gasteiger partial charge is 0.399 e. The van der Waals surface area contributed by atoms with Crippen LogP contribution in [0.25, 0.3) is 0 Å². The Morgan fingerprint density at radius 1 is 1.53 bits per heavy atom. The Kier molecular flexibility index (Phi) is 7.62. The van der Waals surface area contributed by atoms with Crippen LogP contribution >= 0.6 is 0 Å². The van der Waals surface area contributed by atoms with Gasteiger partial charge in [-0.3, -0.25) is 5.32 Å². The number of nitrogens with two attached hydrogens (primary N) is 1. The quantitative estimate of drug-likeness (QED) is 0.274. The van der Waals surface area contributed by atoms with Crippen LogP contribution in [0.4, 0.5) is 0 Å². The fraction of sp³-hybridized carbons (Fsp3) is 0.455. The van der Waals surface area contributed by atoms with Crippen molar-refractivity contribution in [2.24, 2.45) is 5.73 Å². The summed E-state index contributed by atoms with van der Waals surface area (Å²) in [5.74, 6) is 0. The molecule has 0 saturated heterocycles. The third kappa shape index (κ3) is 6.90. The maximum absolute atomic E-state index is 9.65. The second-order valence-electron chi connectivity index (χ2n) is 3.25. The molecule has 0 saturated carbocycles. The Morgan fingerprint density at radius 3 is 2.73 bits per heavy atom. The molecule has 0 aromatic heterocycles. The van der Waals surface area contributed by atoms with Gasteiger partial charge in [0.15, 0.2) is 0 Å². The number of rotatable bonds is 7. The molecular weight excluding hydrogens is 190 g/mol. The van der Waals surface area contributed by atoms with Crippen LogP contribution in [-0.4, -0.2) is 31.5 Å². The average Bonchev–Trinajstić information content (AvgIpc) is 2.18. The number of allylic oxidation sites excluding steroid dienone is 3. The highest BCUT2D eigenvalue weighted by molar-refractivity contribution is 5.24. The molecule has 1 atom stereocenters. The molecule has 0 amide bonds. The van der Waals surface area contributed by atoms with Crippen LogP contribution in [0.1, 0.15) is 6.92 Å². The number of hydrogen-bond donors (Lipinski definition) is 4. The molecule has 0 bridgehead atoms. The topological polar surface area (TPSA) is 70.3 Å². The lowest BCUT2D eigenvalue weighted by atomic mass is 10.2. The van der Waals surface area contributed by atoms with Crippen LogP contribution in [0.3, 0.4) is 0 Å². The smallest absolute Gasteiger partial charge is 0.127 e. The molecule has 15 heavy (non-hydrogen) atoms. The molecule has 86 valence electrons. The summed E-state index contributed by atoms with van der Waals surface area (Å²) in [6.45, 7) is 6.87. The van der Waals surface area contributed by atoms with Crippen LogP contribution in [-0.2, 0) is 0 Å². The Balaban J connectivity index is 4.11. The third-order valence-electron chi connectivity index (χ3n) is 1.85. The van der Waals surface area contributed by atoms with Gasteiger partial charge in [-0.1, -0.05) is 12.7 Å². The van der Waals surface area contributed by atoms with E-state index in [4.69, 9.17) is 5.73 Å². The Bertz CT molecular complexity index is 246. The number of nitrogens with one attached hydrogen (secondary N) is 2. The van der Waals surface area contributed by atoms with Gasteiger partial charge in [0, 0.05) is 18.8 Å². The fourth-order valence-electron chi connectivity index (χ4n) is 1.02. The van der Waals surface area contributed by atoms with Gasteiger partial charge in [0.2, 0.25) is 0 Å². The fourth-order valence-corrected chi connectivity index (χ4v) is 1.02. The number of aliphatic hydroxyl groups excluding tert-OH is 1. The van der Waals surface area contributed by atoms with Crippen molar-refractivity contribution in [1.82, 2.24) is 10.6 Å². The molecule has 0 aromatic carbocycles. The molecule has 1 unspecified atom stereocenters. The summed E-state index contributed by atoms with van der Waals surface area (Å²) in [5, 5.41) is 15.6. The first-order valence-electron chi connectivity index (χ1n) is 4.94. The van der Waals surface area contributed by atoms with Gasteiger partial charge < -0.3 is 16.2 Å². The maximum Gasteiger partial charge on any atom is 0.127 e. The van der Waals surface area contributed by atoms with Crippen LogP contribution in [0.5, 0.6) is 0 Å². The van der Waals surface area contributed by atoms with Gasteiger partial charge in [-0.15, -0.1) is 0 Å². The second kappa shape index (κ2) is 8.23. The summed E-state index contributed by atoms with van der Waals surface area (Å²) >= 11 is 0. The molecular formula is C11H21N3O. The molecule has 0 spiro atoms. The van der Waals surface area contributed by atoms with Crippen LogP contribution in [0.15, 0.2) is 36.1 Å². The summed E-state index contributed by atoms with van der Waals surface area (Å²) < 4.78 is 0. The molecule has 0 aliphatic carbocycles. The predicted molar refractivity (Wildman–Crippen MR) is 64.2 cm³/mol. The van der Waals surface area contributed by atoms with E-state index in [-0.39, 0.29) is 0 Å².